The van der Waals surface area contributed by atoms with Crippen molar-refractivity contribution in [2.75, 3.05) is 13.4 Å². The smallest absolute Gasteiger partial charge is 0.189 e. The van der Waals surface area contributed by atoms with Crippen LogP contribution in [-0.4, -0.2) is 18.5 Å². The summed E-state index contributed by atoms with van der Waals surface area (Å²) in [7, 11) is 0. The number of aromatic hydroxyl groups is 1. The number of rotatable bonds is 4. The average molecular weight is 546 g/mol. The van der Waals surface area contributed by atoms with Crippen LogP contribution in [0.25, 0.3) is 0 Å². The van der Waals surface area contributed by atoms with Crippen molar-refractivity contribution in [3.63, 3.8) is 0 Å². The number of phenols is 1. The van der Waals surface area contributed by atoms with Crippen LogP contribution < -0.4 is 4.74 Å². The molecule has 0 aliphatic carbocycles. The minimum atomic E-state index is 0.240. The first kappa shape index (κ1) is 14.0. The molecule has 1 N–H and O–H groups in total. The van der Waals surface area contributed by atoms with E-state index in [2.05, 4.69) is 67.8 Å². The first-order valence-corrected chi connectivity index (χ1v) is 7.38. The van der Waals surface area contributed by atoms with Gasteiger partial charge in [0.2, 0.25) is 0 Å². The molecule has 0 saturated carbocycles. The number of ether oxygens (including phenoxy) is 2. The molecule has 15 heavy (non-hydrogen) atoms. The van der Waals surface area contributed by atoms with Crippen LogP contribution in [-0.2, 0) is 4.74 Å². The van der Waals surface area contributed by atoms with Crippen LogP contribution in [0.15, 0.2) is 6.07 Å². The van der Waals surface area contributed by atoms with Gasteiger partial charge >= 0.3 is 0 Å². The summed E-state index contributed by atoms with van der Waals surface area (Å²) in [6.45, 7) is 2.78. The van der Waals surface area contributed by atoms with Crippen LogP contribution in [0.2, 0.25) is 0 Å². The highest BCUT2D eigenvalue weighted by atomic mass is 127. The normalized spacial score (nSPS) is 10.4. The van der Waals surface area contributed by atoms with Crippen molar-refractivity contribution in [2.24, 2.45) is 0 Å². The molecule has 0 atom stereocenters. The number of halogens is 3. The Morgan fingerprint density at radius 3 is 2.53 bits per heavy atom. The van der Waals surface area contributed by atoms with Gasteiger partial charge in [-0.05, 0) is 80.8 Å². The highest BCUT2D eigenvalue weighted by molar-refractivity contribution is 14.1. The second-order valence-corrected chi connectivity index (χ2v) is 5.91. The van der Waals surface area contributed by atoms with Crippen molar-refractivity contribution in [2.45, 2.75) is 6.92 Å². The summed E-state index contributed by atoms with van der Waals surface area (Å²) in [4.78, 5) is 0. The third kappa shape index (κ3) is 3.73. The van der Waals surface area contributed by atoms with Gasteiger partial charge in [0, 0.05) is 6.61 Å². The first-order chi connectivity index (χ1) is 7.07. The molecule has 0 aliphatic rings. The molecule has 0 aliphatic heterocycles. The Labute approximate surface area is 129 Å². The minimum absolute atomic E-state index is 0.240. The lowest BCUT2D eigenvalue weighted by Gasteiger charge is -2.11. The molecule has 0 spiro atoms. The molecule has 0 radical (unpaired) electrons. The highest BCUT2D eigenvalue weighted by Gasteiger charge is 2.13. The van der Waals surface area contributed by atoms with E-state index in [1.807, 2.05) is 6.92 Å². The third-order valence-electron chi connectivity index (χ3n) is 1.60. The van der Waals surface area contributed by atoms with Gasteiger partial charge in [-0.2, -0.15) is 0 Å². The molecule has 0 saturated heterocycles. The lowest BCUT2D eigenvalue weighted by molar-refractivity contribution is 0.0217. The standard InChI is InChI=1S/C9H9I3O3/c1-2-14-4-15-6-3-5(10)9(13)8(12)7(6)11/h3,13H,2,4H2,1H3. The summed E-state index contributed by atoms with van der Waals surface area (Å²) in [6, 6.07) is 1.80. The lowest BCUT2D eigenvalue weighted by Crippen LogP contribution is -2.04. The van der Waals surface area contributed by atoms with E-state index >= 15 is 0 Å². The summed E-state index contributed by atoms with van der Waals surface area (Å²) in [6.07, 6.45) is 0. The zero-order valence-corrected chi connectivity index (χ0v) is 14.4. The van der Waals surface area contributed by atoms with Crippen LogP contribution in [0.3, 0.4) is 0 Å². The largest absolute Gasteiger partial charge is 0.506 e. The zero-order valence-electron chi connectivity index (χ0n) is 7.89. The Morgan fingerprint density at radius 2 is 1.93 bits per heavy atom. The molecular weight excluding hydrogens is 537 g/mol. The maximum absolute atomic E-state index is 9.68. The van der Waals surface area contributed by atoms with Crippen molar-refractivity contribution in [1.29, 1.82) is 0 Å². The van der Waals surface area contributed by atoms with Gasteiger partial charge in [-0.1, -0.05) is 0 Å². The van der Waals surface area contributed by atoms with Gasteiger partial charge in [-0.15, -0.1) is 0 Å². The van der Waals surface area contributed by atoms with Crippen LogP contribution in [0.4, 0.5) is 0 Å². The maximum atomic E-state index is 9.68. The first-order valence-electron chi connectivity index (χ1n) is 4.15. The number of phenolic OH excluding ortho intramolecular Hbond substituents is 1. The second kappa shape index (κ2) is 6.64. The fourth-order valence-corrected chi connectivity index (χ4v) is 3.05. The van der Waals surface area contributed by atoms with Gasteiger partial charge in [0.25, 0.3) is 0 Å². The van der Waals surface area contributed by atoms with Crippen molar-refractivity contribution in [3.8, 4) is 11.5 Å². The molecule has 1 rings (SSSR count). The quantitative estimate of drug-likeness (QED) is 0.272. The van der Waals surface area contributed by atoms with Crippen LogP contribution in [0.1, 0.15) is 6.92 Å². The molecule has 1 aromatic rings. The summed E-state index contributed by atoms with van der Waals surface area (Å²) >= 11 is 6.32. The molecule has 0 fully saturated rings. The van der Waals surface area contributed by atoms with Crippen LogP contribution >= 0.6 is 67.8 Å². The van der Waals surface area contributed by atoms with Crippen molar-refractivity contribution >= 4 is 67.8 Å². The molecule has 1 aromatic carbocycles. The summed E-state index contributed by atoms with van der Waals surface area (Å²) in [5.41, 5.74) is 0. The number of hydrogen-bond donors (Lipinski definition) is 1. The topological polar surface area (TPSA) is 38.7 Å². The maximum Gasteiger partial charge on any atom is 0.189 e. The summed E-state index contributed by atoms with van der Waals surface area (Å²) in [5, 5.41) is 9.68. The minimum Gasteiger partial charge on any atom is -0.506 e. The van der Waals surface area contributed by atoms with Gasteiger partial charge in [0.05, 0.1) is 10.7 Å². The van der Waals surface area contributed by atoms with E-state index in [1.54, 1.807) is 6.07 Å². The van der Waals surface area contributed by atoms with E-state index in [9.17, 15) is 5.11 Å². The van der Waals surface area contributed by atoms with E-state index < -0.39 is 0 Å². The van der Waals surface area contributed by atoms with Crippen LogP contribution in [0, 0.1) is 10.7 Å². The van der Waals surface area contributed by atoms with Crippen LogP contribution in [0.5, 0.6) is 11.5 Å². The Morgan fingerprint density at radius 1 is 1.27 bits per heavy atom. The SMILES string of the molecule is CCOCOc1cc(I)c(O)c(I)c1I. The predicted octanol–water partition coefficient (Wildman–Crippen LogP) is 3.58. The molecule has 6 heteroatoms. The monoisotopic (exact) mass is 546 g/mol. The Balaban J connectivity index is 2.89. The molecule has 0 bridgehead atoms. The fraction of sp³-hybridized carbons (Fsp3) is 0.333. The van der Waals surface area contributed by atoms with Gasteiger partial charge in [-0.25, -0.2) is 0 Å². The van der Waals surface area contributed by atoms with Gasteiger partial charge < -0.3 is 14.6 Å². The lowest BCUT2D eigenvalue weighted by atomic mass is 10.3. The molecule has 3 nitrogen and oxygen atoms in total. The Hall–Kier alpha value is 0.970. The highest BCUT2D eigenvalue weighted by Crippen LogP contribution is 2.36. The number of benzene rings is 1. The zero-order chi connectivity index (χ0) is 11.4. The molecule has 0 unspecified atom stereocenters. The van der Waals surface area contributed by atoms with Crippen molar-refractivity contribution in [1.82, 2.24) is 0 Å². The average Bonchev–Trinajstić information content (AvgIpc) is 2.23. The molecule has 0 amide bonds. The molecular formula is C9H9I3O3. The Kier molecular flexibility index (Phi) is 6.22. The van der Waals surface area contributed by atoms with E-state index in [0.717, 1.165) is 16.5 Å². The summed E-state index contributed by atoms with van der Waals surface area (Å²) in [5.74, 6) is 1.06. The molecule has 0 aromatic heterocycles. The van der Waals surface area contributed by atoms with E-state index in [0.29, 0.717) is 12.4 Å². The molecule has 84 valence electrons. The van der Waals surface area contributed by atoms with Gasteiger partial charge in [0.1, 0.15) is 11.5 Å². The summed E-state index contributed by atoms with van der Waals surface area (Å²) < 4.78 is 13.1. The van der Waals surface area contributed by atoms with E-state index in [1.165, 1.54) is 0 Å². The molecule has 0 heterocycles. The second-order valence-electron chi connectivity index (χ2n) is 2.59. The van der Waals surface area contributed by atoms with Crippen molar-refractivity contribution < 1.29 is 14.6 Å². The van der Waals surface area contributed by atoms with E-state index in [-0.39, 0.29) is 6.79 Å². The van der Waals surface area contributed by atoms with Gasteiger partial charge in [-0.3, -0.25) is 0 Å². The van der Waals surface area contributed by atoms with Gasteiger partial charge in [0.15, 0.2) is 6.79 Å². The third-order valence-corrected chi connectivity index (χ3v) is 5.58. The number of hydrogen-bond acceptors (Lipinski definition) is 3. The Bertz CT molecular complexity index is 355. The predicted molar refractivity (Wildman–Crippen MR) is 83.4 cm³/mol. The van der Waals surface area contributed by atoms with Crippen molar-refractivity contribution in [3.05, 3.63) is 16.8 Å². The van der Waals surface area contributed by atoms with E-state index in [4.69, 9.17) is 9.47 Å². The fourth-order valence-electron chi connectivity index (χ4n) is 0.857.